The van der Waals surface area contributed by atoms with Crippen molar-refractivity contribution in [2.75, 3.05) is 14.1 Å². The first-order valence-electron chi connectivity index (χ1n) is 12.4. The van der Waals surface area contributed by atoms with Crippen LogP contribution in [0.4, 0.5) is 0 Å². The summed E-state index contributed by atoms with van der Waals surface area (Å²) in [4.78, 5) is 1.68. The van der Waals surface area contributed by atoms with Crippen LogP contribution in [0.15, 0.2) is 0 Å². The minimum atomic E-state index is 0. The predicted molar refractivity (Wildman–Crippen MR) is 120 cm³/mol. The third-order valence-electron chi connectivity index (χ3n) is 6.27. The van der Waals surface area contributed by atoms with Crippen LogP contribution in [-0.4, -0.2) is 20.1 Å². The Morgan fingerprint density at radius 3 is 1.33 bits per heavy atom. The highest BCUT2D eigenvalue weighted by molar-refractivity contribution is 4.59. The highest BCUT2D eigenvalue weighted by Gasteiger charge is 2.14. The molecule has 0 saturated heterocycles. The van der Waals surface area contributed by atoms with E-state index in [1.165, 1.54) is 116 Å². The fourth-order valence-electron chi connectivity index (χ4n) is 4.19. The molecule has 27 heavy (non-hydrogen) atoms. The Balaban J connectivity index is 0. The predicted octanol–water partition coefficient (Wildman–Crippen LogP) is 4.20. The minimum absolute atomic E-state index is 0. The second-order valence-electron chi connectivity index (χ2n) is 9.28. The number of halogens is 1. The maximum Gasteiger partial charge on any atom is 0.0870 e. The summed E-state index contributed by atoms with van der Waals surface area (Å²) in [6.45, 7) is 7.07. The molecule has 0 fully saturated rings. The lowest BCUT2D eigenvalue weighted by molar-refractivity contribution is -0.886. The number of rotatable bonds is 20. The summed E-state index contributed by atoms with van der Waals surface area (Å²) in [6, 6.07) is 0.900. The van der Waals surface area contributed by atoms with Gasteiger partial charge in [0.15, 0.2) is 0 Å². The Morgan fingerprint density at radius 2 is 0.852 bits per heavy atom. The summed E-state index contributed by atoms with van der Waals surface area (Å²) in [7, 11) is 4.73. The van der Waals surface area contributed by atoms with Gasteiger partial charge < -0.3 is 17.3 Å². The van der Waals surface area contributed by atoms with Gasteiger partial charge in [-0.3, -0.25) is 0 Å². The van der Waals surface area contributed by atoms with Crippen LogP contribution < -0.4 is 17.3 Å². The molecule has 0 aromatic carbocycles. The molecule has 0 saturated carbocycles. The van der Waals surface area contributed by atoms with Crippen LogP contribution in [0.5, 0.6) is 0 Å². The minimum Gasteiger partial charge on any atom is -1.00 e. The summed E-state index contributed by atoms with van der Waals surface area (Å²) >= 11 is 0. The molecule has 0 aliphatic heterocycles. The Kier molecular flexibility index (Phi) is 24.6. The molecule has 0 bridgehead atoms. The van der Waals surface area contributed by atoms with E-state index in [2.05, 4.69) is 34.9 Å². The molecule has 1 nitrogen and oxygen atoms in total. The lowest BCUT2D eigenvalue weighted by Gasteiger charge is -2.21. The van der Waals surface area contributed by atoms with Crippen LogP contribution in [0.3, 0.4) is 0 Å². The van der Waals surface area contributed by atoms with E-state index in [1.54, 1.807) is 4.90 Å². The molecule has 0 aliphatic rings. The van der Waals surface area contributed by atoms with Crippen LogP contribution in [0.1, 0.15) is 136 Å². The SMILES string of the molecule is CCCCCCCCCCC(CCCCCC(C)CCCCC)[NH+](C)C.[Cl-]. The van der Waals surface area contributed by atoms with Gasteiger partial charge in [-0.1, -0.05) is 111 Å². The summed E-state index contributed by atoms with van der Waals surface area (Å²) in [5, 5.41) is 0. The van der Waals surface area contributed by atoms with Crippen molar-refractivity contribution in [3.05, 3.63) is 0 Å². The zero-order chi connectivity index (χ0) is 19.5. The van der Waals surface area contributed by atoms with Crippen molar-refractivity contribution in [2.24, 2.45) is 5.92 Å². The molecular weight excluding hydrogens is 350 g/mol. The third-order valence-corrected chi connectivity index (χ3v) is 6.27. The monoisotopic (exact) mass is 403 g/mol. The van der Waals surface area contributed by atoms with Gasteiger partial charge in [0.2, 0.25) is 0 Å². The van der Waals surface area contributed by atoms with E-state index < -0.39 is 0 Å². The molecule has 0 spiro atoms. The normalized spacial score (nSPS) is 13.6. The van der Waals surface area contributed by atoms with Gasteiger partial charge in [-0.15, -0.1) is 0 Å². The fraction of sp³-hybridized carbons (Fsp3) is 1.00. The van der Waals surface area contributed by atoms with Gasteiger partial charge in [0.05, 0.1) is 20.1 Å². The molecule has 0 aliphatic carbocycles. The smallest absolute Gasteiger partial charge is 0.0870 e. The van der Waals surface area contributed by atoms with E-state index in [-0.39, 0.29) is 12.4 Å². The van der Waals surface area contributed by atoms with Crippen molar-refractivity contribution in [2.45, 2.75) is 142 Å². The first-order valence-corrected chi connectivity index (χ1v) is 12.4. The van der Waals surface area contributed by atoms with Crippen LogP contribution >= 0.6 is 0 Å². The molecule has 2 unspecified atom stereocenters. The Hall–Kier alpha value is 0.250. The van der Waals surface area contributed by atoms with Crippen LogP contribution in [0.25, 0.3) is 0 Å². The van der Waals surface area contributed by atoms with Gasteiger partial charge >= 0.3 is 0 Å². The highest BCUT2D eigenvalue weighted by atomic mass is 35.5. The van der Waals surface area contributed by atoms with Crippen LogP contribution in [0, 0.1) is 5.92 Å². The Labute approximate surface area is 179 Å². The van der Waals surface area contributed by atoms with Crippen molar-refractivity contribution < 1.29 is 17.3 Å². The van der Waals surface area contributed by atoms with Crippen molar-refractivity contribution in [3.63, 3.8) is 0 Å². The number of quaternary nitrogens is 1. The van der Waals surface area contributed by atoms with E-state index in [9.17, 15) is 0 Å². The summed E-state index contributed by atoms with van der Waals surface area (Å²) < 4.78 is 0. The number of hydrogen-bond acceptors (Lipinski definition) is 0. The van der Waals surface area contributed by atoms with Crippen molar-refractivity contribution in [3.8, 4) is 0 Å². The average molecular weight is 404 g/mol. The molecule has 0 radical (unpaired) electrons. The summed E-state index contributed by atoms with van der Waals surface area (Å²) in [6.07, 6.45) is 26.0. The second-order valence-corrected chi connectivity index (χ2v) is 9.28. The number of hydrogen-bond donors (Lipinski definition) is 1. The van der Waals surface area contributed by atoms with Crippen molar-refractivity contribution in [1.82, 2.24) is 0 Å². The topological polar surface area (TPSA) is 4.44 Å². The molecule has 0 aromatic heterocycles. The molecular formula is C25H54ClN. The van der Waals surface area contributed by atoms with Crippen molar-refractivity contribution >= 4 is 0 Å². The third kappa shape index (κ3) is 20.8. The van der Waals surface area contributed by atoms with Crippen molar-refractivity contribution in [1.29, 1.82) is 0 Å². The second kappa shape index (κ2) is 22.5. The lowest BCUT2D eigenvalue weighted by atomic mass is 9.95. The number of nitrogens with one attached hydrogen (secondary N) is 1. The van der Waals surface area contributed by atoms with E-state index in [4.69, 9.17) is 0 Å². The maximum absolute atomic E-state index is 2.46. The molecule has 0 aromatic rings. The van der Waals surface area contributed by atoms with Gasteiger partial charge in [-0.05, 0) is 31.6 Å². The van der Waals surface area contributed by atoms with Crippen LogP contribution in [0.2, 0.25) is 0 Å². The Bertz CT molecular complexity index is 267. The zero-order valence-electron chi connectivity index (χ0n) is 19.8. The van der Waals surface area contributed by atoms with Gasteiger partial charge in [-0.2, -0.15) is 0 Å². The molecule has 1 N–H and O–H groups in total. The van der Waals surface area contributed by atoms with Gasteiger partial charge in [0.25, 0.3) is 0 Å². The fourth-order valence-corrected chi connectivity index (χ4v) is 4.19. The molecule has 0 heterocycles. The van der Waals surface area contributed by atoms with E-state index >= 15 is 0 Å². The summed E-state index contributed by atoms with van der Waals surface area (Å²) in [5.41, 5.74) is 0. The molecule has 0 amide bonds. The van der Waals surface area contributed by atoms with E-state index in [1.807, 2.05) is 0 Å². The summed E-state index contributed by atoms with van der Waals surface area (Å²) in [5.74, 6) is 0.953. The molecule has 166 valence electrons. The zero-order valence-corrected chi connectivity index (χ0v) is 20.5. The average Bonchev–Trinajstić information content (AvgIpc) is 2.61. The highest BCUT2D eigenvalue weighted by Crippen LogP contribution is 2.18. The largest absolute Gasteiger partial charge is 1.00 e. The molecule has 0 rings (SSSR count). The van der Waals surface area contributed by atoms with Crippen LogP contribution in [-0.2, 0) is 0 Å². The quantitative estimate of drug-likeness (QED) is 0.290. The van der Waals surface area contributed by atoms with Gasteiger partial charge in [-0.25, -0.2) is 0 Å². The number of unbranched alkanes of at least 4 members (excludes halogenated alkanes) is 11. The van der Waals surface area contributed by atoms with Gasteiger partial charge in [0, 0.05) is 0 Å². The molecule has 2 heteroatoms. The molecule has 2 atom stereocenters. The first kappa shape index (κ1) is 29.5. The van der Waals surface area contributed by atoms with E-state index in [0.29, 0.717) is 0 Å². The van der Waals surface area contributed by atoms with Gasteiger partial charge in [0.1, 0.15) is 0 Å². The lowest BCUT2D eigenvalue weighted by Crippen LogP contribution is -3.10. The standard InChI is InChI=1S/C25H53N.ClH/c1-6-8-10-11-12-13-14-18-22-25(26(4)5)23-19-15-17-21-24(3)20-16-9-7-2;/h24-25H,6-23H2,1-5H3;1H. The van der Waals surface area contributed by atoms with E-state index in [0.717, 1.165) is 12.0 Å². The Morgan fingerprint density at radius 1 is 0.519 bits per heavy atom. The first-order chi connectivity index (χ1) is 12.6. The maximum atomic E-state index is 2.46.